The zero-order valence-corrected chi connectivity index (χ0v) is 13.1. The third-order valence-corrected chi connectivity index (χ3v) is 5.47. The maximum atomic E-state index is 4.36. The molecule has 0 amide bonds. The highest BCUT2D eigenvalue weighted by Crippen LogP contribution is 2.36. The van der Waals surface area contributed by atoms with Gasteiger partial charge in [-0.1, -0.05) is 32.0 Å². The average Bonchev–Trinajstić information content (AvgIpc) is 2.83. The molecule has 1 aromatic rings. The Morgan fingerprint density at radius 2 is 2.26 bits per heavy atom. The van der Waals surface area contributed by atoms with Crippen LogP contribution in [0.15, 0.2) is 11.5 Å². The summed E-state index contributed by atoms with van der Waals surface area (Å²) in [5, 5.41) is 9.57. The van der Waals surface area contributed by atoms with Gasteiger partial charge in [0.1, 0.15) is 6.33 Å². The van der Waals surface area contributed by atoms with E-state index >= 15 is 0 Å². The van der Waals surface area contributed by atoms with Crippen molar-refractivity contribution in [3.63, 3.8) is 0 Å². The van der Waals surface area contributed by atoms with Crippen molar-refractivity contribution in [1.29, 1.82) is 0 Å². The van der Waals surface area contributed by atoms with Crippen molar-refractivity contribution in [2.45, 2.75) is 62.4 Å². The quantitative estimate of drug-likeness (QED) is 0.871. The molecule has 3 unspecified atom stereocenters. The molecule has 1 aliphatic rings. The maximum Gasteiger partial charge on any atom is 0.186 e. The second kappa shape index (κ2) is 7.29. The predicted molar refractivity (Wildman–Crippen MR) is 80.4 cm³/mol. The Kier molecular flexibility index (Phi) is 5.70. The Labute approximate surface area is 120 Å². The van der Waals surface area contributed by atoms with Crippen molar-refractivity contribution in [3.8, 4) is 0 Å². The van der Waals surface area contributed by atoms with Crippen LogP contribution in [0.25, 0.3) is 0 Å². The summed E-state index contributed by atoms with van der Waals surface area (Å²) in [6.07, 6.45) is 8.12. The van der Waals surface area contributed by atoms with Crippen LogP contribution < -0.4 is 5.32 Å². The zero-order valence-electron chi connectivity index (χ0n) is 12.3. The van der Waals surface area contributed by atoms with Gasteiger partial charge in [0.2, 0.25) is 0 Å². The van der Waals surface area contributed by atoms with Crippen LogP contribution in [-0.4, -0.2) is 32.6 Å². The molecule has 0 aliphatic heterocycles. The van der Waals surface area contributed by atoms with Crippen LogP contribution in [0, 0.1) is 5.92 Å². The molecule has 0 bridgehead atoms. The van der Waals surface area contributed by atoms with Crippen LogP contribution in [0.5, 0.6) is 0 Å². The molecular formula is C14H26N4S. The van der Waals surface area contributed by atoms with Crippen molar-refractivity contribution < 1.29 is 0 Å². The molecule has 1 saturated carbocycles. The molecule has 1 aliphatic carbocycles. The topological polar surface area (TPSA) is 42.7 Å². The minimum Gasteiger partial charge on any atom is -0.313 e. The fourth-order valence-corrected chi connectivity index (χ4v) is 4.15. The van der Waals surface area contributed by atoms with Gasteiger partial charge in [-0.2, -0.15) is 5.10 Å². The van der Waals surface area contributed by atoms with Gasteiger partial charge in [0.05, 0.1) is 0 Å². The van der Waals surface area contributed by atoms with Crippen LogP contribution in [0.1, 0.15) is 46.0 Å². The summed E-state index contributed by atoms with van der Waals surface area (Å²) in [6, 6.07) is 0.629. The van der Waals surface area contributed by atoms with E-state index < -0.39 is 0 Å². The Morgan fingerprint density at radius 3 is 2.89 bits per heavy atom. The Morgan fingerprint density at radius 1 is 1.42 bits per heavy atom. The van der Waals surface area contributed by atoms with E-state index in [0.717, 1.165) is 17.6 Å². The third-order valence-electron chi connectivity index (χ3n) is 4.06. The molecule has 0 radical (unpaired) electrons. The lowest BCUT2D eigenvalue weighted by atomic mass is 9.84. The predicted octanol–water partition coefficient (Wildman–Crippen LogP) is 2.85. The molecule has 0 aromatic carbocycles. The minimum absolute atomic E-state index is 0.629. The van der Waals surface area contributed by atoms with Crippen molar-refractivity contribution in [3.05, 3.63) is 6.33 Å². The summed E-state index contributed by atoms with van der Waals surface area (Å²) >= 11 is 1.90. The molecule has 1 heterocycles. The molecule has 1 aromatic heterocycles. The van der Waals surface area contributed by atoms with Crippen LogP contribution in [0.4, 0.5) is 0 Å². The molecule has 2 rings (SSSR count). The highest BCUT2D eigenvalue weighted by molar-refractivity contribution is 7.99. The van der Waals surface area contributed by atoms with Gasteiger partial charge >= 0.3 is 0 Å². The van der Waals surface area contributed by atoms with Crippen LogP contribution in [0.3, 0.4) is 0 Å². The van der Waals surface area contributed by atoms with E-state index in [1.807, 2.05) is 23.5 Å². The van der Waals surface area contributed by atoms with Gasteiger partial charge in [0.25, 0.3) is 0 Å². The van der Waals surface area contributed by atoms with E-state index in [2.05, 4.69) is 29.2 Å². The molecular weight excluding hydrogens is 256 g/mol. The van der Waals surface area contributed by atoms with E-state index in [0.29, 0.717) is 11.3 Å². The number of aryl methyl sites for hydroxylation is 1. The smallest absolute Gasteiger partial charge is 0.186 e. The first kappa shape index (κ1) is 14.9. The highest BCUT2D eigenvalue weighted by Gasteiger charge is 2.31. The van der Waals surface area contributed by atoms with Crippen LogP contribution in [-0.2, 0) is 7.05 Å². The fourth-order valence-electron chi connectivity index (χ4n) is 2.80. The Bertz CT molecular complexity index is 379. The molecule has 1 N–H and O–H groups in total. The Balaban J connectivity index is 2.00. The number of hydrogen-bond acceptors (Lipinski definition) is 4. The molecule has 0 spiro atoms. The summed E-state index contributed by atoms with van der Waals surface area (Å²) in [7, 11) is 1.98. The number of hydrogen-bond donors (Lipinski definition) is 1. The van der Waals surface area contributed by atoms with Crippen molar-refractivity contribution in [2.24, 2.45) is 13.0 Å². The average molecular weight is 282 g/mol. The number of rotatable bonds is 6. The van der Waals surface area contributed by atoms with E-state index in [9.17, 15) is 0 Å². The molecule has 19 heavy (non-hydrogen) atoms. The molecule has 108 valence electrons. The molecule has 0 saturated heterocycles. The second-order valence-electron chi connectivity index (χ2n) is 5.47. The standard InChI is InChI=1S/C14H26N4S/c1-4-8-15-12-7-6-11(5-2)9-13(12)19-14-16-10-17-18(14)3/h10-13,15H,4-9H2,1-3H3. The monoisotopic (exact) mass is 282 g/mol. The van der Waals surface area contributed by atoms with Gasteiger partial charge in [0, 0.05) is 18.3 Å². The SMILES string of the molecule is CCCNC1CCC(CC)CC1Sc1ncnn1C. The van der Waals surface area contributed by atoms with Gasteiger partial charge in [-0.25, -0.2) is 9.67 Å². The van der Waals surface area contributed by atoms with Crippen molar-refractivity contribution >= 4 is 11.8 Å². The van der Waals surface area contributed by atoms with Crippen LogP contribution >= 0.6 is 11.8 Å². The summed E-state index contributed by atoms with van der Waals surface area (Å²) in [5.41, 5.74) is 0. The second-order valence-corrected chi connectivity index (χ2v) is 6.68. The molecule has 4 nitrogen and oxygen atoms in total. The molecule has 1 fully saturated rings. The minimum atomic E-state index is 0.629. The highest BCUT2D eigenvalue weighted by atomic mass is 32.2. The number of nitrogens with zero attached hydrogens (tertiary/aromatic N) is 3. The first-order chi connectivity index (χ1) is 9.24. The molecule has 3 atom stereocenters. The maximum absolute atomic E-state index is 4.36. The summed E-state index contributed by atoms with van der Waals surface area (Å²) < 4.78 is 1.89. The van der Waals surface area contributed by atoms with Crippen LogP contribution in [0.2, 0.25) is 0 Å². The van der Waals surface area contributed by atoms with Gasteiger partial charge in [-0.3, -0.25) is 0 Å². The van der Waals surface area contributed by atoms with Gasteiger partial charge < -0.3 is 5.32 Å². The van der Waals surface area contributed by atoms with Gasteiger partial charge in [-0.05, 0) is 38.1 Å². The zero-order chi connectivity index (χ0) is 13.7. The van der Waals surface area contributed by atoms with Gasteiger partial charge in [0.15, 0.2) is 5.16 Å². The van der Waals surface area contributed by atoms with Crippen molar-refractivity contribution in [1.82, 2.24) is 20.1 Å². The normalized spacial score (nSPS) is 27.6. The number of nitrogens with one attached hydrogen (secondary N) is 1. The third kappa shape index (κ3) is 3.96. The lowest BCUT2D eigenvalue weighted by Gasteiger charge is -2.35. The largest absolute Gasteiger partial charge is 0.313 e. The van der Waals surface area contributed by atoms with E-state index in [4.69, 9.17) is 0 Å². The fraction of sp³-hybridized carbons (Fsp3) is 0.857. The summed E-state index contributed by atoms with van der Waals surface area (Å²) in [4.78, 5) is 4.36. The lowest BCUT2D eigenvalue weighted by Crippen LogP contribution is -2.43. The molecule has 5 heteroatoms. The van der Waals surface area contributed by atoms with E-state index in [1.54, 1.807) is 6.33 Å². The number of thioether (sulfide) groups is 1. The van der Waals surface area contributed by atoms with E-state index in [-0.39, 0.29) is 0 Å². The summed E-state index contributed by atoms with van der Waals surface area (Å²) in [6.45, 7) is 5.67. The first-order valence-electron chi connectivity index (χ1n) is 7.48. The lowest BCUT2D eigenvalue weighted by molar-refractivity contribution is 0.295. The Hall–Kier alpha value is -0.550. The summed E-state index contributed by atoms with van der Waals surface area (Å²) in [5.74, 6) is 0.880. The van der Waals surface area contributed by atoms with Gasteiger partial charge in [-0.15, -0.1) is 0 Å². The van der Waals surface area contributed by atoms with Crippen molar-refractivity contribution in [2.75, 3.05) is 6.54 Å². The van der Waals surface area contributed by atoms with E-state index in [1.165, 1.54) is 32.1 Å². The number of aromatic nitrogens is 3. The first-order valence-corrected chi connectivity index (χ1v) is 8.36.